The normalized spacial score (nSPS) is 9.80. The molecule has 0 bridgehead atoms. The molecule has 0 aliphatic carbocycles. The summed E-state index contributed by atoms with van der Waals surface area (Å²) in [7, 11) is 0. The highest BCUT2D eigenvalue weighted by Crippen LogP contribution is 2.14. The molecule has 1 N–H and O–H groups in total. The van der Waals surface area contributed by atoms with E-state index in [-0.39, 0.29) is 0 Å². The van der Waals surface area contributed by atoms with E-state index in [4.69, 9.17) is 10.00 Å². The Morgan fingerprint density at radius 3 is 2.50 bits per heavy atom. The third-order valence-electron chi connectivity index (χ3n) is 2.79. The molecule has 1 heterocycles. The second-order valence-electron chi connectivity index (χ2n) is 4.35. The molecule has 0 radical (unpaired) electrons. The molecule has 0 atom stereocenters. The fourth-order valence-electron chi connectivity index (χ4n) is 1.76. The Labute approximate surface area is 119 Å². The number of nitriles is 1. The lowest BCUT2D eigenvalue weighted by Gasteiger charge is -2.07. The lowest BCUT2D eigenvalue weighted by molar-refractivity contribution is 0.305. The lowest BCUT2D eigenvalue weighted by Crippen LogP contribution is -2.01. The van der Waals surface area contributed by atoms with Crippen molar-refractivity contribution < 1.29 is 4.74 Å². The molecule has 4 nitrogen and oxygen atoms in total. The van der Waals surface area contributed by atoms with Gasteiger partial charge in [-0.25, -0.2) is 4.98 Å². The van der Waals surface area contributed by atoms with Gasteiger partial charge in [0.15, 0.2) is 0 Å². The lowest BCUT2D eigenvalue weighted by atomic mass is 10.2. The summed E-state index contributed by atoms with van der Waals surface area (Å²) in [5.41, 5.74) is 2.02. The van der Waals surface area contributed by atoms with Crippen molar-refractivity contribution >= 4 is 5.82 Å². The van der Waals surface area contributed by atoms with E-state index < -0.39 is 0 Å². The largest absolute Gasteiger partial charge is 0.489 e. The molecule has 0 fully saturated rings. The minimum Gasteiger partial charge on any atom is -0.489 e. The average Bonchev–Trinajstić information content (AvgIpc) is 2.49. The summed E-state index contributed by atoms with van der Waals surface area (Å²) in [5.74, 6) is 1.67. The van der Waals surface area contributed by atoms with Crippen molar-refractivity contribution in [2.75, 3.05) is 11.9 Å². The molecule has 0 unspecified atom stereocenters. The Morgan fingerprint density at radius 1 is 1.15 bits per heavy atom. The van der Waals surface area contributed by atoms with Crippen molar-refractivity contribution in [3.63, 3.8) is 0 Å². The van der Waals surface area contributed by atoms with Gasteiger partial charge >= 0.3 is 0 Å². The molecule has 0 saturated carbocycles. The number of nitrogens with one attached hydrogen (secondary N) is 1. The van der Waals surface area contributed by atoms with Gasteiger partial charge in [-0.1, -0.05) is 18.2 Å². The van der Waals surface area contributed by atoms with E-state index in [1.54, 1.807) is 0 Å². The van der Waals surface area contributed by atoms with Crippen LogP contribution in [0.3, 0.4) is 0 Å². The summed E-state index contributed by atoms with van der Waals surface area (Å²) in [6, 6.07) is 13.6. The van der Waals surface area contributed by atoms with Gasteiger partial charge in [0, 0.05) is 18.3 Å². The van der Waals surface area contributed by atoms with Crippen LogP contribution in [0.25, 0.3) is 0 Å². The second kappa shape index (κ2) is 7.15. The zero-order chi connectivity index (χ0) is 14.2. The first kappa shape index (κ1) is 13.9. The SMILES string of the molecule is CCNc1ccc(COc2ccc(CC#N)cc2)cn1. The molecule has 2 aromatic rings. The maximum absolute atomic E-state index is 8.61. The van der Waals surface area contributed by atoms with Crippen molar-refractivity contribution in [1.29, 1.82) is 5.26 Å². The molecular weight excluding hydrogens is 250 g/mol. The summed E-state index contributed by atoms with van der Waals surface area (Å²) < 4.78 is 5.68. The van der Waals surface area contributed by atoms with Crippen molar-refractivity contribution in [3.8, 4) is 11.8 Å². The van der Waals surface area contributed by atoms with Crippen LogP contribution in [0.1, 0.15) is 18.1 Å². The van der Waals surface area contributed by atoms with Crippen LogP contribution in [0.2, 0.25) is 0 Å². The third kappa shape index (κ3) is 3.99. The van der Waals surface area contributed by atoms with Crippen LogP contribution < -0.4 is 10.1 Å². The van der Waals surface area contributed by atoms with E-state index in [1.165, 1.54) is 0 Å². The molecule has 1 aromatic carbocycles. The van der Waals surface area contributed by atoms with Gasteiger partial charge < -0.3 is 10.1 Å². The van der Waals surface area contributed by atoms with Crippen molar-refractivity contribution in [3.05, 3.63) is 53.7 Å². The topological polar surface area (TPSA) is 57.9 Å². The van der Waals surface area contributed by atoms with E-state index in [2.05, 4.69) is 16.4 Å². The molecule has 0 amide bonds. The van der Waals surface area contributed by atoms with Crippen LogP contribution in [-0.2, 0) is 13.0 Å². The zero-order valence-electron chi connectivity index (χ0n) is 11.5. The van der Waals surface area contributed by atoms with Crippen LogP contribution in [0.15, 0.2) is 42.6 Å². The molecule has 1 aromatic heterocycles. The maximum atomic E-state index is 8.61. The quantitative estimate of drug-likeness (QED) is 0.873. The highest BCUT2D eigenvalue weighted by molar-refractivity contribution is 5.35. The number of rotatable bonds is 6. The van der Waals surface area contributed by atoms with E-state index in [1.807, 2.05) is 49.5 Å². The van der Waals surface area contributed by atoms with Crippen molar-refractivity contribution in [1.82, 2.24) is 4.98 Å². The summed E-state index contributed by atoms with van der Waals surface area (Å²) >= 11 is 0. The first-order valence-electron chi connectivity index (χ1n) is 6.59. The number of ether oxygens (including phenoxy) is 1. The van der Waals surface area contributed by atoms with E-state index >= 15 is 0 Å². The molecule has 4 heteroatoms. The first-order valence-corrected chi connectivity index (χ1v) is 6.59. The zero-order valence-corrected chi connectivity index (χ0v) is 11.5. The van der Waals surface area contributed by atoms with Crippen LogP contribution in [0.4, 0.5) is 5.82 Å². The number of hydrogen-bond acceptors (Lipinski definition) is 4. The van der Waals surface area contributed by atoms with Gasteiger partial charge in [-0.15, -0.1) is 0 Å². The molecule has 0 aliphatic heterocycles. The Bertz CT molecular complexity index is 570. The van der Waals surface area contributed by atoms with Gasteiger partial charge in [-0.3, -0.25) is 0 Å². The summed E-state index contributed by atoms with van der Waals surface area (Å²) in [6.07, 6.45) is 2.23. The fraction of sp³-hybridized carbons (Fsp3) is 0.250. The van der Waals surface area contributed by atoms with E-state index in [9.17, 15) is 0 Å². The smallest absolute Gasteiger partial charge is 0.125 e. The van der Waals surface area contributed by atoms with Crippen molar-refractivity contribution in [2.24, 2.45) is 0 Å². The van der Waals surface area contributed by atoms with Crippen LogP contribution in [-0.4, -0.2) is 11.5 Å². The number of anilines is 1. The predicted molar refractivity (Wildman–Crippen MR) is 78.5 cm³/mol. The number of nitrogens with zero attached hydrogens (tertiary/aromatic N) is 2. The Kier molecular flexibility index (Phi) is 4.96. The molecule has 102 valence electrons. The van der Waals surface area contributed by atoms with Crippen LogP contribution in [0.5, 0.6) is 5.75 Å². The standard InChI is InChI=1S/C16H17N3O/c1-2-18-16-8-5-14(11-19-16)12-20-15-6-3-13(4-7-15)9-10-17/h3-8,11H,2,9,12H2,1H3,(H,18,19). The van der Waals surface area contributed by atoms with E-state index in [0.717, 1.165) is 29.2 Å². The monoisotopic (exact) mass is 267 g/mol. The van der Waals surface area contributed by atoms with E-state index in [0.29, 0.717) is 13.0 Å². The number of pyridine rings is 1. The van der Waals surface area contributed by atoms with Crippen LogP contribution >= 0.6 is 0 Å². The summed E-state index contributed by atoms with van der Waals surface area (Å²) in [4.78, 5) is 4.29. The van der Waals surface area contributed by atoms with Gasteiger partial charge in [-0.2, -0.15) is 5.26 Å². The average molecular weight is 267 g/mol. The number of benzene rings is 1. The molecule has 0 saturated heterocycles. The summed E-state index contributed by atoms with van der Waals surface area (Å²) in [6.45, 7) is 3.38. The first-order chi connectivity index (χ1) is 9.81. The highest BCUT2D eigenvalue weighted by Gasteiger charge is 1.98. The van der Waals surface area contributed by atoms with Crippen LogP contribution in [0, 0.1) is 11.3 Å². The Balaban J connectivity index is 1.89. The predicted octanol–water partition coefficient (Wildman–Crippen LogP) is 3.16. The third-order valence-corrected chi connectivity index (χ3v) is 2.79. The minimum atomic E-state index is 0.427. The van der Waals surface area contributed by atoms with Crippen molar-refractivity contribution in [2.45, 2.75) is 20.0 Å². The maximum Gasteiger partial charge on any atom is 0.125 e. The van der Waals surface area contributed by atoms with Gasteiger partial charge in [0.05, 0.1) is 12.5 Å². The van der Waals surface area contributed by atoms with Gasteiger partial charge in [0.1, 0.15) is 18.2 Å². The Morgan fingerprint density at radius 2 is 1.90 bits per heavy atom. The number of aromatic nitrogens is 1. The van der Waals surface area contributed by atoms with Gasteiger partial charge in [0.2, 0.25) is 0 Å². The number of hydrogen-bond donors (Lipinski definition) is 1. The molecule has 2 rings (SSSR count). The van der Waals surface area contributed by atoms with Gasteiger partial charge in [0.25, 0.3) is 0 Å². The Hall–Kier alpha value is -2.54. The fourth-order valence-corrected chi connectivity index (χ4v) is 1.76. The highest BCUT2D eigenvalue weighted by atomic mass is 16.5. The molecular formula is C16H17N3O. The second-order valence-corrected chi connectivity index (χ2v) is 4.35. The summed E-state index contributed by atoms with van der Waals surface area (Å²) in [5, 5.41) is 11.8. The van der Waals surface area contributed by atoms with Gasteiger partial charge in [-0.05, 0) is 30.7 Å². The molecule has 0 spiro atoms. The minimum absolute atomic E-state index is 0.427. The molecule has 0 aliphatic rings. The molecule has 20 heavy (non-hydrogen) atoms.